The predicted molar refractivity (Wildman–Crippen MR) is 76.8 cm³/mol. The molecule has 0 aromatic carbocycles. The Morgan fingerprint density at radius 1 is 1.06 bits per heavy atom. The first kappa shape index (κ1) is 12.6. The number of rotatable bonds is 1. The van der Waals surface area contributed by atoms with Crippen molar-refractivity contribution in [1.82, 2.24) is 14.5 Å². The topological polar surface area (TPSA) is 30.7 Å². The lowest BCUT2D eigenvalue weighted by atomic mass is 10.2. The lowest BCUT2D eigenvalue weighted by Crippen LogP contribution is -2.00. The van der Waals surface area contributed by atoms with Crippen LogP contribution < -0.4 is 0 Å². The molecular formula is C15H19N3. The summed E-state index contributed by atoms with van der Waals surface area (Å²) < 4.78 is 2.26. The van der Waals surface area contributed by atoms with E-state index in [2.05, 4.69) is 40.5 Å². The highest BCUT2D eigenvalue weighted by atomic mass is 15.1. The van der Waals surface area contributed by atoms with Crippen LogP contribution in [0, 0.1) is 0 Å². The van der Waals surface area contributed by atoms with Crippen LogP contribution in [0.5, 0.6) is 0 Å². The normalized spacial score (nSPS) is 10.7. The van der Waals surface area contributed by atoms with E-state index in [0.717, 1.165) is 5.65 Å². The van der Waals surface area contributed by atoms with Gasteiger partial charge in [0, 0.05) is 35.4 Å². The molecule has 3 nitrogen and oxygen atoms in total. The van der Waals surface area contributed by atoms with Gasteiger partial charge in [0.25, 0.3) is 0 Å². The van der Waals surface area contributed by atoms with Crippen LogP contribution in [0.3, 0.4) is 0 Å². The minimum atomic E-state index is 0.400. The minimum absolute atomic E-state index is 0.400. The van der Waals surface area contributed by atoms with Gasteiger partial charge < -0.3 is 4.57 Å². The molecule has 0 saturated heterocycles. The smallest absolute Gasteiger partial charge is 0.141 e. The summed E-state index contributed by atoms with van der Waals surface area (Å²) in [6.45, 7) is 8.35. The maximum Gasteiger partial charge on any atom is 0.141 e. The Kier molecular flexibility index (Phi) is 3.60. The van der Waals surface area contributed by atoms with E-state index in [4.69, 9.17) is 0 Å². The Hall–Kier alpha value is -1.90. The fraction of sp³-hybridized carbons (Fsp3) is 0.333. The SMILES string of the molecule is CC.CC(C)n1c2ccncc2c2cccnc21. The zero-order chi connectivity index (χ0) is 13.1. The zero-order valence-corrected chi connectivity index (χ0v) is 11.4. The Bertz CT molecular complexity index is 600. The average Bonchev–Trinajstić information content (AvgIpc) is 2.75. The van der Waals surface area contributed by atoms with Gasteiger partial charge in [-0.05, 0) is 32.0 Å². The Morgan fingerprint density at radius 3 is 2.56 bits per heavy atom. The van der Waals surface area contributed by atoms with Gasteiger partial charge in [0.15, 0.2) is 0 Å². The largest absolute Gasteiger partial charge is 0.323 e. The molecule has 94 valence electrons. The van der Waals surface area contributed by atoms with Crippen LogP contribution >= 0.6 is 0 Å². The van der Waals surface area contributed by atoms with Crippen molar-refractivity contribution in [3.05, 3.63) is 36.8 Å². The highest BCUT2D eigenvalue weighted by Gasteiger charge is 2.12. The van der Waals surface area contributed by atoms with Crippen molar-refractivity contribution in [3.63, 3.8) is 0 Å². The van der Waals surface area contributed by atoms with Crippen LogP contribution in [0.1, 0.15) is 33.7 Å². The number of pyridine rings is 2. The van der Waals surface area contributed by atoms with Crippen LogP contribution in [0.15, 0.2) is 36.8 Å². The van der Waals surface area contributed by atoms with Crippen molar-refractivity contribution in [1.29, 1.82) is 0 Å². The van der Waals surface area contributed by atoms with Crippen molar-refractivity contribution in [2.24, 2.45) is 0 Å². The third-order valence-corrected chi connectivity index (χ3v) is 2.88. The first-order valence-electron chi connectivity index (χ1n) is 6.47. The zero-order valence-electron chi connectivity index (χ0n) is 11.4. The molecule has 18 heavy (non-hydrogen) atoms. The molecule has 0 saturated carbocycles. The van der Waals surface area contributed by atoms with Crippen LogP contribution in [0.2, 0.25) is 0 Å². The maximum atomic E-state index is 4.47. The molecule has 3 heteroatoms. The lowest BCUT2D eigenvalue weighted by molar-refractivity contribution is 0.637. The molecule has 0 aliphatic heterocycles. The minimum Gasteiger partial charge on any atom is -0.323 e. The monoisotopic (exact) mass is 241 g/mol. The molecule has 0 radical (unpaired) electrons. The van der Waals surface area contributed by atoms with Crippen LogP contribution in [-0.4, -0.2) is 14.5 Å². The standard InChI is InChI=1S/C13H13N3.C2H6/c1-9(2)16-12-5-7-14-8-11(12)10-4-3-6-15-13(10)16;1-2/h3-9H,1-2H3;1-2H3. The van der Waals surface area contributed by atoms with Gasteiger partial charge in [-0.2, -0.15) is 0 Å². The van der Waals surface area contributed by atoms with Crippen LogP contribution in [0.25, 0.3) is 21.9 Å². The van der Waals surface area contributed by atoms with E-state index in [1.165, 1.54) is 16.3 Å². The second kappa shape index (κ2) is 5.17. The molecule has 3 rings (SSSR count). The average molecular weight is 241 g/mol. The van der Waals surface area contributed by atoms with Crippen molar-refractivity contribution in [2.45, 2.75) is 33.7 Å². The second-order valence-electron chi connectivity index (χ2n) is 4.23. The summed E-state index contributed by atoms with van der Waals surface area (Å²) in [6.07, 6.45) is 5.59. The van der Waals surface area contributed by atoms with Crippen LogP contribution in [0.4, 0.5) is 0 Å². The molecule has 0 unspecified atom stereocenters. The summed E-state index contributed by atoms with van der Waals surface area (Å²) in [5.41, 5.74) is 2.25. The highest BCUT2D eigenvalue weighted by Crippen LogP contribution is 2.29. The van der Waals surface area contributed by atoms with E-state index >= 15 is 0 Å². The van der Waals surface area contributed by atoms with Gasteiger partial charge in [-0.3, -0.25) is 4.98 Å². The molecular weight excluding hydrogens is 222 g/mol. The fourth-order valence-electron chi connectivity index (χ4n) is 2.24. The summed E-state index contributed by atoms with van der Waals surface area (Å²) in [5.74, 6) is 0. The Labute approximate surface area is 107 Å². The van der Waals surface area contributed by atoms with Crippen molar-refractivity contribution >= 4 is 21.9 Å². The van der Waals surface area contributed by atoms with Gasteiger partial charge in [-0.1, -0.05) is 13.8 Å². The van der Waals surface area contributed by atoms with Gasteiger partial charge in [0.05, 0.1) is 5.52 Å². The summed E-state index contributed by atoms with van der Waals surface area (Å²) >= 11 is 0. The molecule has 0 amide bonds. The van der Waals surface area contributed by atoms with Gasteiger partial charge in [0.2, 0.25) is 0 Å². The highest BCUT2D eigenvalue weighted by molar-refractivity contribution is 6.06. The van der Waals surface area contributed by atoms with Gasteiger partial charge in [-0.25, -0.2) is 4.98 Å². The number of aromatic nitrogens is 3. The molecule has 0 N–H and O–H groups in total. The number of hydrogen-bond donors (Lipinski definition) is 0. The molecule has 0 aliphatic carbocycles. The third kappa shape index (κ3) is 1.86. The van der Waals surface area contributed by atoms with Crippen molar-refractivity contribution in [2.75, 3.05) is 0 Å². The molecule has 0 atom stereocenters. The fourth-order valence-corrected chi connectivity index (χ4v) is 2.24. The second-order valence-corrected chi connectivity index (χ2v) is 4.23. The van der Waals surface area contributed by atoms with E-state index in [-0.39, 0.29) is 0 Å². The number of fused-ring (bicyclic) bond motifs is 3. The molecule has 0 spiro atoms. The van der Waals surface area contributed by atoms with E-state index in [1.807, 2.05) is 38.5 Å². The van der Waals surface area contributed by atoms with Crippen LogP contribution in [-0.2, 0) is 0 Å². The molecule has 3 aromatic heterocycles. The van der Waals surface area contributed by atoms with E-state index < -0.39 is 0 Å². The van der Waals surface area contributed by atoms with E-state index in [9.17, 15) is 0 Å². The lowest BCUT2D eigenvalue weighted by Gasteiger charge is -2.09. The summed E-state index contributed by atoms with van der Waals surface area (Å²) in [6, 6.07) is 6.53. The first-order chi connectivity index (χ1) is 8.79. The van der Waals surface area contributed by atoms with Gasteiger partial charge in [0.1, 0.15) is 5.65 Å². The summed E-state index contributed by atoms with van der Waals surface area (Å²) in [4.78, 5) is 8.67. The van der Waals surface area contributed by atoms with Crippen molar-refractivity contribution < 1.29 is 0 Å². The Morgan fingerprint density at radius 2 is 1.83 bits per heavy atom. The number of nitrogens with zero attached hydrogens (tertiary/aromatic N) is 3. The Balaban J connectivity index is 0.000000574. The van der Waals surface area contributed by atoms with E-state index in [1.54, 1.807) is 0 Å². The van der Waals surface area contributed by atoms with Crippen molar-refractivity contribution in [3.8, 4) is 0 Å². The summed E-state index contributed by atoms with van der Waals surface area (Å²) in [5, 5.41) is 2.36. The molecule has 3 heterocycles. The van der Waals surface area contributed by atoms with E-state index in [0.29, 0.717) is 6.04 Å². The molecule has 0 aliphatic rings. The maximum absolute atomic E-state index is 4.47. The third-order valence-electron chi connectivity index (χ3n) is 2.88. The summed E-state index contributed by atoms with van der Waals surface area (Å²) in [7, 11) is 0. The number of hydrogen-bond acceptors (Lipinski definition) is 2. The van der Waals surface area contributed by atoms with Gasteiger partial charge in [-0.15, -0.1) is 0 Å². The van der Waals surface area contributed by atoms with Gasteiger partial charge >= 0.3 is 0 Å². The molecule has 0 fully saturated rings. The molecule has 0 bridgehead atoms. The first-order valence-corrected chi connectivity index (χ1v) is 6.47. The predicted octanol–water partition coefficient (Wildman–Crippen LogP) is 4.19. The quantitative estimate of drug-likeness (QED) is 0.639. The molecule has 3 aromatic rings.